The Kier molecular flexibility index (Phi) is 3.39. The molecule has 2 rings (SSSR count). The third kappa shape index (κ3) is 2.21. The van der Waals surface area contributed by atoms with E-state index in [9.17, 15) is 0 Å². The van der Waals surface area contributed by atoms with Gasteiger partial charge in [-0.05, 0) is 36.3 Å². The van der Waals surface area contributed by atoms with Crippen LogP contribution in [0, 0.1) is 5.92 Å². The zero-order chi connectivity index (χ0) is 10.7. The molecule has 1 aromatic rings. The Morgan fingerprint density at radius 2 is 2.27 bits per heavy atom. The number of rotatable bonds is 4. The molecule has 0 radical (unpaired) electrons. The summed E-state index contributed by atoms with van der Waals surface area (Å²) in [6.45, 7) is 2.19. The number of aryl methyl sites for hydroxylation is 1. The molecule has 0 amide bonds. The molecule has 1 aliphatic carbocycles. The molecule has 2 heteroatoms. The molecular weight excluding hydrogens is 184 g/mol. The quantitative estimate of drug-likeness (QED) is 0.584. The lowest BCUT2D eigenvalue weighted by atomic mass is 9.77. The summed E-state index contributed by atoms with van der Waals surface area (Å²) >= 11 is 0. The lowest BCUT2D eigenvalue weighted by Crippen LogP contribution is -2.36. The molecule has 1 atom stereocenters. The van der Waals surface area contributed by atoms with Crippen LogP contribution in [0.3, 0.4) is 0 Å². The van der Waals surface area contributed by atoms with Crippen molar-refractivity contribution in [1.82, 2.24) is 5.43 Å². The minimum Gasteiger partial charge on any atom is -0.271 e. The predicted octanol–water partition coefficient (Wildman–Crippen LogP) is 2.55. The summed E-state index contributed by atoms with van der Waals surface area (Å²) in [7, 11) is 0. The molecule has 1 aromatic carbocycles. The van der Waals surface area contributed by atoms with Crippen molar-refractivity contribution in [2.24, 2.45) is 11.8 Å². The maximum atomic E-state index is 5.66. The van der Waals surface area contributed by atoms with Gasteiger partial charge in [-0.1, -0.05) is 37.6 Å². The normalized spacial score (nSPS) is 18.5. The highest BCUT2D eigenvalue weighted by Gasteiger charge is 2.27. The Bertz CT molecular complexity index is 318. The van der Waals surface area contributed by atoms with Crippen LogP contribution in [0.5, 0.6) is 0 Å². The summed E-state index contributed by atoms with van der Waals surface area (Å²) in [5.41, 5.74) is 5.72. The summed E-state index contributed by atoms with van der Waals surface area (Å²) in [6.07, 6.45) is 5.07. The van der Waals surface area contributed by atoms with Crippen LogP contribution < -0.4 is 11.3 Å². The zero-order valence-electron chi connectivity index (χ0n) is 9.37. The molecule has 1 aliphatic rings. The summed E-state index contributed by atoms with van der Waals surface area (Å²) in [4.78, 5) is 0. The van der Waals surface area contributed by atoms with Crippen molar-refractivity contribution in [2.45, 2.75) is 38.6 Å². The van der Waals surface area contributed by atoms with Gasteiger partial charge in [-0.2, -0.15) is 0 Å². The monoisotopic (exact) mass is 204 g/mol. The van der Waals surface area contributed by atoms with E-state index in [4.69, 9.17) is 5.84 Å². The molecule has 1 unspecified atom stereocenters. The van der Waals surface area contributed by atoms with Crippen LogP contribution in [-0.2, 0) is 6.42 Å². The van der Waals surface area contributed by atoms with Gasteiger partial charge in [0.2, 0.25) is 0 Å². The second-order valence-electron chi connectivity index (χ2n) is 4.43. The summed E-state index contributed by atoms with van der Waals surface area (Å²) < 4.78 is 0. The Labute approximate surface area is 91.8 Å². The number of nitrogens with two attached hydrogens (primary N) is 1. The van der Waals surface area contributed by atoms with Crippen LogP contribution in [0.1, 0.15) is 43.4 Å². The van der Waals surface area contributed by atoms with E-state index in [0.29, 0.717) is 6.04 Å². The standard InChI is InChI=1S/C13H20N2/c1-2-10-5-3-8-12(9-10)13(15-14)11-6-4-7-11/h3,5,8-9,11,13,15H,2,4,6-7,14H2,1H3. The largest absolute Gasteiger partial charge is 0.271 e. The highest BCUT2D eigenvalue weighted by atomic mass is 15.2. The molecule has 0 spiro atoms. The van der Waals surface area contributed by atoms with Crippen molar-refractivity contribution in [3.63, 3.8) is 0 Å². The molecule has 1 saturated carbocycles. The number of benzene rings is 1. The van der Waals surface area contributed by atoms with Gasteiger partial charge in [0.25, 0.3) is 0 Å². The first-order valence-corrected chi connectivity index (χ1v) is 5.90. The van der Waals surface area contributed by atoms with Crippen LogP contribution in [0.15, 0.2) is 24.3 Å². The van der Waals surface area contributed by atoms with E-state index in [2.05, 4.69) is 36.6 Å². The van der Waals surface area contributed by atoms with Crippen LogP contribution in [-0.4, -0.2) is 0 Å². The van der Waals surface area contributed by atoms with Gasteiger partial charge in [-0.25, -0.2) is 0 Å². The van der Waals surface area contributed by atoms with E-state index in [1.54, 1.807) is 0 Å². The van der Waals surface area contributed by atoms with Crippen LogP contribution in [0.2, 0.25) is 0 Å². The van der Waals surface area contributed by atoms with Crippen molar-refractivity contribution in [3.05, 3.63) is 35.4 Å². The lowest BCUT2D eigenvalue weighted by molar-refractivity contribution is 0.232. The minimum absolute atomic E-state index is 0.352. The molecule has 1 fully saturated rings. The van der Waals surface area contributed by atoms with Gasteiger partial charge in [0, 0.05) is 6.04 Å². The molecule has 0 aliphatic heterocycles. The van der Waals surface area contributed by atoms with E-state index >= 15 is 0 Å². The van der Waals surface area contributed by atoms with Crippen LogP contribution in [0.25, 0.3) is 0 Å². The molecule has 0 heterocycles. The van der Waals surface area contributed by atoms with Gasteiger partial charge in [0.05, 0.1) is 0 Å². The number of nitrogens with one attached hydrogen (secondary N) is 1. The fourth-order valence-corrected chi connectivity index (χ4v) is 2.28. The van der Waals surface area contributed by atoms with Crippen molar-refractivity contribution in [2.75, 3.05) is 0 Å². The molecule has 0 saturated heterocycles. The maximum Gasteiger partial charge on any atom is 0.0488 e. The second-order valence-corrected chi connectivity index (χ2v) is 4.43. The van der Waals surface area contributed by atoms with Crippen molar-refractivity contribution in [1.29, 1.82) is 0 Å². The van der Waals surface area contributed by atoms with Gasteiger partial charge in [0.1, 0.15) is 0 Å². The maximum absolute atomic E-state index is 5.66. The Balaban J connectivity index is 2.17. The molecule has 0 aromatic heterocycles. The molecule has 0 bridgehead atoms. The minimum atomic E-state index is 0.352. The fraction of sp³-hybridized carbons (Fsp3) is 0.538. The van der Waals surface area contributed by atoms with E-state index in [0.717, 1.165) is 12.3 Å². The van der Waals surface area contributed by atoms with Crippen molar-refractivity contribution in [3.8, 4) is 0 Å². The third-order valence-electron chi connectivity index (χ3n) is 3.52. The summed E-state index contributed by atoms with van der Waals surface area (Å²) in [5.74, 6) is 6.39. The Morgan fingerprint density at radius 1 is 1.47 bits per heavy atom. The van der Waals surface area contributed by atoms with E-state index < -0.39 is 0 Å². The van der Waals surface area contributed by atoms with E-state index in [1.165, 1.54) is 30.4 Å². The SMILES string of the molecule is CCc1cccc(C(NN)C2CCC2)c1. The average molecular weight is 204 g/mol. The van der Waals surface area contributed by atoms with Crippen molar-refractivity contribution < 1.29 is 0 Å². The number of hydrazine groups is 1. The van der Waals surface area contributed by atoms with E-state index in [1.807, 2.05) is 0 Å². The first-order valence-electron chi connectivity index (χ1n) is 5.90. The Morgan fingerprint density at radius 3 is 2.80 bits per heavy atom. The highest BCUT2D eigenvalue weighted by Crippen LogP contribution is 2.37. The number of hydrogen-bond donors (Lipinski definition) is 2. The molecule has 3 N–H and O–H groups in total. The highest BCUT2D eigenvalue weighted by molar-refractivity contribution is 5.26. The average Bonchev–Trinajstić information content (AvgIpc) is 2.23. The molecule has 15 heavy (non-hydrogen) atoms. The molecule has 2 nitrogen and oxygen atoms in total. The van der Waals surface area contributed by atoms with Crippen LogP contribution >= 0.6 is 0 Å². The zero-order valence-corrected chi connectivity index (χ0v) is 9.37. The predicted molar refractivity (Wildman–Crippen MR) is 63.2 cm³/mol. The first-order chi connectivity index (χ1) is 7.35. The summed E-state index contributed by atoms with van der Waals surface area (Å²) in [6, 6.07) is 9.13. The van der Waals surface area contributed by atoms with Gasteiger partial charge < -0.3 is 0 Å². The molecule has 82 valence electrons. The number of hydrogen-bond acceptors (Lipinski definition) is 2. The van der Waals surface area contributed by atoms with Crippen molar-refractivity contribution >= 4 is 0 Å². The van der Waals surface area contributed by atoms with Gasteiger partial charge in [-0.15, -0.1) is 0 Å². The molecular formula is C13H20N2. The van der Waals surface area contributed by atoms with Gasteiger partial charge >= 0.3 is 0 Å². The van der Waals surface area contributed by atoms with Gasteiger partial charge in [-0.3, -0.25) is 11.3 Å². The summed E-state index contributed by atoms with van der Waals surface area (Å²) in [5, 5.41) is 0. The van der Waals surface area contributed by atoms with E-state index in [-0.39, 0.29) is 0 Å². The topological polar surface area (TPSA) is 38.0 Å². The lowest BCUT2D eigenvalue weighted by Gasteiger charge is -2.33. The third-order valence-corrected chi connectivity index (χ3v) is 3.52. The second kappa shape index (κ2) is 4.77. The Hall–Kier alpha value is -0.860. The fourth-order valence-electron chi connectivity index (χ4n) is 2.28. The van der Waals surface area contributed by atoms with Crippen LogP contribution in [0.4, 0.5) is 0 Å². The van der Waals surface area contributed by atoms with Gasteiger partial charge in [0.15, 0.2) is 0 Å². The first kappa shape index (κ1) is 10.7. The smallest absolute Gasteiger partial charge is 0.0488 e.